The lowest BCUT2D eigenvalue weighted by molar-refractivity contribution is 0.655. The van der Waals surface area contributed by atoms with E-state index in [1.165, 1.54) is 23.8 Å². The first-order valence-corrected chi connectivity index (χ1v) is 4.03. The second kappa shape index (κ2) is 3.62. The van der Waals surface area contributed by atoms with Crippen LogP contribution >= 0.6 is 11.6 Å². The largest absolute Gasteiger partial charge is 0.332 e. The molecule has 0 amide bonds. The van der Waals surface area contributed by atoms with Gasteiger partial charge < -0.3 is 0 Å². The summed E-state index contributed by atoms with van der Waals surface area (Å²) in [6, 6.07) is 1.20. The fourth-order valence-corrected chi connectivity index (χ4v) is 1.17. The van der Waals surface area contributed by atoms with Gasteiger partial charge in [-0.05, 0) is 0 Å². The average Bonchev–Trinajstić information content (AvgIpc) is 2.09. The summed E-state index contributed by atoms with van der Waals surface area (Å²) < 4.78 is 2.26. The van der Waals surface area contributed by atoms with E-state index in [0.29, 0.717) is 6.54 Å². The van der Waals surface area contributed by atoms with E-state index in [0.717, 1.165) is 4.57 Å². The second-order valence-corrected chi connectivity index (χ2v) is 2.93. The highest BCUT2D eigenvalue weighted by atomic mass is 35.5. The van der Waals surface area contributed by atoms with Crippen molar-refractivity contribution in [3.8, 4) is 0 Å². The Morgan fingerprint density at radius 2 is 2.23 bits per heavy atom. The van der Waals surface area contributed by atoms with Crippen molar-refractivity contribution in [2.75, 3.05) is 0 Å². The molecule has 4 nitrogen and oxygen atoms in total. The summed E-state index contributed by atoms with van der Waals surface area (Å²) in [4.78, 5) is 22.5. The van der Waals surface area contributed by atoms with Gasteiger partial charge in [0.15, 0.2) is 0 Å². The number of aromatic nitrogens is 2. The number of hydrogen-bond acceptors (Lipinski definition) is 2. The van der Waals surface area contributed by atoms with Gasteiger partial charge in [0.25, 0.3) is 5.56 Å². The zero-order chi connectivity index (χ0) is 10.0. The van der Waals surface area contributed by atoms with Gasteiger partial charge in [-0.3, -0.25) is 13.9 Å². The Morgan fingerprint density at radius 1 is 1.62 bits per heavy atom. The molecule has 0 aromatic carbocycles. The smallest absolute Gasteiger partial charge is 0.280 e. The summed E-state index contributed by atoms with van der Waals surface area (Å²) in [6.07, 6.45) is 1.54. The van der Waals surface area contributed by atoms with Crippen LogP contribution in [0.15, 0.2) is 28.3 Å². The van der Waals surface area contributed by atoms with E-state index in [1.807, 2.05) is 0 Å². The summed E-state index contributed by atoms with van der Waals surface area (Å²) in [5.41, 5.74) is -0.840. The maximum atomic E-state index is 11.4. The first-order valence-electron chi connectivity index (χ1n) is 3.65. The SMILES string of the molecule is C=CCn1c(Cl)cc(=O)n(C)c1=O. The molecule has 0 saturated carbocycles. The standard InChI is InChI=1S/C8H9ClN2O2/c1-3-4-11-6(9)5-7(12)10(2)8(11)13/h3,5H,1,4H2,2H3. The monoisotopic (exact) mass is 200 g/mol. The molecule has 0 aliphatic carbocycles. The first kappa shape index (κ1) is 9.80. The van der Waals surface area contributed by atoms with Gasteiger partial charge in [-0.1, -0.05) is 17.7 Å². The molecule has 0 fully saturated rings. The van der Waals surface area contributed by atoms with Crippen LogP contribution in [-0.2, 0) is 13.6 Å². The van der Waals surface area contributed by atoms with Crippen LogP contribution in [0.4, 0.5) is 0 Å². The molecule has 0 N–H and O–H groups in total. The molecule has 0 spiro atoms. The molecule has 0 bridgehead atoms. The second-order valence-electron chi connectivity index (χ2n) is 2.55. The maximum Gasteiger partial charge on any atom is 0.332 e. The van der Waals surface area contributed by atoms with Crippen LogP contribution in [0.2, 0.25) is 5.15 Å². The van der Waals surface area contributed by atoms with Crippen LogP contribution in [0.25, 0.3) is 0 Å². The minimum atomic E-state index is -0.433. The number of halogens is 1. The number of hydrogen-bond donors (Lipinski definition) is 0. The van der Waals surface area contributed by atoms with Crippen molar-refractivity contribution >= 4 is 11.6 Å². The Bertz CT molecular complexity index is 444. The normalized spacial score (nSPS) is 10.0. The first-order chi connectivity index (χ1) is 6.07. The van der Waals surface area contributed by atoms with Gasteiger partial charge in [0, 0.05) is 19.7 Å². The van der Waals surface area contributed by atoms with E-state index in [1.54, 1.807) is 0 Å². The summed E-state index contributed by atoms with van der Waals surface area (Å²) in [7, 11) is 1.40. The van der Waals surface area contributed by atoms with Gasteiger partial charge in [0.2, 0.25) is 0 Å². The summed E-state index contributed by atoms with van der Waals surface area (Å²) >= 11 is 5.69. The predicted molar refractivity (Wildman–Crippen MR) is 51.2 cm³/mol. The molecular weight excluding hydrogens is 192 g/mol. The van der Waals surface area contributed by atoms with Crippen molar-refractivity contribution in [2.45, 2.75) is 6.54 Å². The third kappa shape index (κ3) is 1.72. The fraction of sp³-hybridized carbons (Fsp3) is 0.250. The van der Waals surface area contributed by atoms with Crippen LogP contribution < -0.4 is 11.2 Å². The number of nitrogens with zero attached hydrogens (tertiary/aromatic N) is 2. The average molecular weight is 201 g/mol. The molecule has 1 aromatic heterocycles. The van der Waals surface area contributed by atoms with Gasteiger partial charge in [-0.2, -0.15) is 0 Å². The van der Waals surface area contributed by atoms with Gasteiger partial charge in [0.1, 0.15) is 5.15 Å². The molecule has 0 atom stereocenters. The minimum absolute atomic E-state index is 0.132. The van der Waals surface area contributed by atoms with Gasteiger partial charge in [-0.15, -0.1) is 6.58 Å². The molecule has 5 heteroatoms. The molecule has 70 valence electrons. The van der Waals surface area contributed by atoms with Crippen LogP contribution in [0.1, 0.15) is 0 Å². The Kier molecular flexibility index (Phi) is 2.72. The summed E-state index contributed by atoms with van der Waals surface area (Å²) in [6.45, 7) is 3.78. The molecule has 1 rings (SSSR count). The third-order valence-corrected chi connectivity index (χ3v) is 1.97. The molecular formula is C8H9ClN2O2. The number of rotatable bonds is 2. The highest BCUT2D eigenvalue weighted by molar-refractivity contribution is 6.29. The van der Waals surface area contributed by atoms with Crippen molar-refractivity contribution in [2.24, 2.45) is 7.05 Å². The minimum Gasteiger partial charge on any atom is -0.280 e. The Balaban J connectivity index is 3.53. The van der Waals surface area contributed by atoms with Crippen LogP contribution in [0.5, 0.6) is 0 Å². The van der Waals surface area contributed by atoms with E-state index >= 15 is 0 Å². The quantitative estimate of drug-likeness (QED) is 0.512. The van der Waals surface area contributed by atoms with E-state index in [9.17, 15) is 9.59 Å². The van der Waals surface area contributed by atoms with E-state index in [2.05, 4.69) is 6.58 Å². The molecule has 0 unspecified atom stereocenters. The molecule has 0 aliphatic rings. The Labute approximate surface area is 79.7 Å². The highest BCUT2D eigenvalue weighted by Gasteiger charge is 2.04. The molecule has 1 aromatic rings. The lowest BCUT2D eigenvalue weighted by Gasteiger charge is -2.05. The maximum absolute atomic E-state index is 11.4. The molecule has 0 radical (unpaired) electrons. The lowest BCUT2D eigenvalue weighted by atomic mass is 10.5. The lowest BCUT2D eigenvalue weighted by Crippen LogP contribution is -2.37. The van der Waals surface area contributed by atoms with Crippen molar-refractivity contribution in [1.82, 2.24) is 9.13 Å². The van der Waals surface area contributed by atoms with Gasteiger partial charge in [0.05, 0.1) is 0 Å². The summed E-state index contributed by atoms with van der Waals surface area (Å²) in [5, 5.41) is 0.132. The zero-order valence-corrected chi connectivity index (χ0v) is 7.91. The third-order valence-electron chi connectivity index (χ3n) is 1.66. The van der Waals surface area contributed by atoms with Crippen molar-refractivity contribution in [3.05, 3.63) is 44.7 Å². The topological polar surface area (TPSA) is 44.0 Å². The predicted octanol–water partition coefficient (Wildman–Crippen LogP) is 0.386. The van der Waals surface area contributed by atoms with Crippen molar-refractivity contribution < 1.29 is 0 Å². The Morgan fingerprint density at radius 3 is 2.77 bits per heavy atom. The zero-order valence-electron chi connectivity index (χ0n) is 7.16. The Hall–Kier alpha value is -1.29. The van der Waals surface area contributed by atoms with Crippen molar-refractivity contribution in [3.63, 3.8) is 0 Å². The van der Waals surface area contributed by atoms with Crippen LogP contribution in [0.3, 0.4) is 0 Å². The highest BCUT2D eigenvalue weighted by Crippen LogP contribution is 2.00. The molecule has 0 aliphatic heterocycles. The van der Waals surface area contributed by atoms with Gasteiger partial charge in [-0.25, -0.2) is 4.79 Å². The molecule has 1 heterocycles. The van der Waals surface area contributed by atoms with E-state index in [4.69, 9.17) is 11.6 Å². The van der Waals surface area contributed by atoms with Crippen LogP contribution in [-0.4, -0.2) is 9.13 Å². The summed E-state index contributed by atoms with van der Waals surface area (Å²) in [5.74, 6) is 0. The van der Waals surface area contributed by atoms with Crippen molar-refractivity contribution in [1.29, 1.82) is 0 Å². The fourth-order valence-electron chi connectivity index (χ4n) is 0.938. The van der Waals surface area contributed by atoms with Gasteiger partial charge >= 0.3 is 5.69 Å². The number of allylic oxidation sites excluding steroid dienone is 1. The molecule has 0 saturated heterocycles. The van der Waals surface area contributed by atoms with E-state index < -0.39 is 11.2 Å². The van der Waals surface area contributed by atoms with E-state index in [-0.39, 0.29) is 5.15 Å². The molecule has 13 heavy (non-hydrogen) atoms. The van der Waals surface area contributed by atoms with Crippen LogP contribution in [0, 0.1) is 0 Å².